The molecule has 168 valence electrons. The number of carbonyl (C=O) groups is 2. The van der Waals surface area contributed by atoms with Crippen LogP contribution in [0.3, 0.4) is 0 Å². The number of aromatic hydroxyl groups is 4. The summed E-state index contributed by atoms with van der Waals surface area (Å²) in [4.78, 5) is 23.6. The highest BCUT2D eigenvalue weighted by Crippen LogP contribution is 2.27. The molecule has 0 heterocycles. The van der Waals surface area contributed by atoms with Crippen LogP contribution in [0.1, 0.15) is 57.8 Å². The van der Waals surface area contributed by atoms with Crippen molar-refractivity contribution in [1.29, 1.82) is 0 Å². The number of benzene rings is 2. The molecule has 0 saturated carbocycles. The largest absolute Gasteiger partial charge is 0.508 e. The van der Waals surface area contributed by atoms with Crippen LogP contribution in [-0.4, -0.2) is 32.4 Å². The Hall–Kier alpha value is -3.42. The predicted octanol–water partition coefficient (Wildman–Crippen LogP) is 4.53. The van der Waals surface area contributed by atoms with E-state index in [-0.39, 0.29) is 47.3 Å². The van der Waals surface area contributed by atoms with Gasteiger partial charge in [-0.2, -0.15) is 0 Å². The first-order valence-electron chi connectivity index (χ1n) is 10.3. The standard InChI is InChI=1S/C23H28O8/c24-16-10-17(25)13-20(12-16)30-22(28)8-6-4-2-1-3-5-7-9-23(29)31-21-14-18(26)11-19(27)15-21/h10-15,24-27H,1-9H2. The molecule has 0 fully saturated rings. The van der Waals surface area contributed by atoms with Gasteiger partial charge in [0.1, 0.15) is 34.5 Å². The second-order valence-electron chi connectivity index (χ2n) is 7.29. The lowest BCUT2D eigenvalue weighted by Gasteiger charge is -2.06. The Morgan fingerprint density at radius 2 is 0.806 bits per heavy atom. The number of phenolic OH excluding ortho intramolecular Hbond substituents is 4. The van der Waals surface area contributed by atoms with Gasteiger partial charge in [-0.25, -0.2) is 0 Å². The van der Waals surface area contributed by atoms with Gasteiger partial charge in [-0.05, 0) is 12.8 Å². The van der Waals surface area contributed by atoms with E-state index in [1.165, 1.54) is 24.3 Å². The molecule has 2 rings (SSSR count). The highest BCUT2D eigenvalue weighted by atomic mass is 16.5. The molecule has 2 aromatic rings. The predicted molar refractivity (Wildman–Crippen MR) is 112 cm³/mol. The van der Waals surface area contributed by atoms with Crippen molar-refractivity contribution in [1.82, 2.24) is 0 Å². The molecule has 31 heavy (non-hydrogen) atoms. The molecule has 0 bridgehead atoms. The SMILES string of the molecule is O=C(CCCCCCCCCC(=O)Oc1cc(O)cc(O)c1)Oc1cc(O)cc(O)c1. The van der Waals surface area contributed by atoms with E-state index in [0.717, 1.165) is 44.2 Å². The average molecular weight is 432 g/mol. The molecule has 0 aliphatic heterocycles. The Morgan fingerprint density at radius 1 is 0.516 bits per heavy atom. The summed E-state index contributed by atoms with van der Waals surface area (Å²) in [7, 11) is 0. The van der Waals surface area contributed by atoms with Gasteiger partial charge >= 0.3 is 11.9 Å². The molecule has 0 saturated heterocycles. The Bertz CT molecular complexity index is 766. The maximum absolute atomic E-state index is 11.8. The van der Waals surface area contributed by atoms with Gasteiger partial charge in [0.15, 0.2) is 0 Å². The molecule has 0 aliphatic carbocycles. The van der Waals surface area contributed by atoms with Crippen molar-refractivity contribution in [2.24, 2.45) is 0 Å². The van der Waals surface area contributed by atoms with E-state index in [4.69, 9.17) is 9.47 Å². The molecular weight excluding hydrogens is 404 g/mol. The highest BCUT2D eigenvalue weighted by Gasteiger charge is 2.08. The molecule has 0 amide bonds. The van der Waals surface area contributed by atoms with Crippen LogP contribution < -0.4 is 9.47 Å². The van der Waals surface area contributed by atoms with Gasteiger partial charge in [-0.15, -0.1) is 0 Å². The Labute approximate surface area is 180 Å². The van der Waals surface area contributed by atoms with Crippen LogP contribution in [0.15, 0.2) is 36.4 Å². The van der Waals surface area contributed by atoms with Crippen LogP contribution >= 0.6 is 0 Å². The number of ether oxygens (including phenoxy) is 2. The summed E-state index contributed by atoms with van der Waals surface area (Å²) in [5.41, 5.74) is 0. The Balaban J connectivity index is 1.48. The average Bonchev–Trinajstić information content (AvgIpc) is 2.65. The zero-order valence-electron chi connectivity index (χ0n) is 17.2. The fraction of sp³-hybridized carbons (Fsp3) is 0.391. The molecule has 8 heteroatoms. The number of hydrogen-bond donors (Lipinski definition) is 4. The summed E-state index contributed by atoms with van der Waals surface area (Å²) in [6.07, 6.45) is 6.57. The minimum absolute atomic E-state index is 0.113. The van der Waals surface area contributed by atoms with Crippen LogP contribution in [0.25, 0.3) is 0 Å². The van der Waals surface area contributed by atoms with Crippen molar-refractivity contribution >= 4 is 11.9 Å². The normalized spacial score (nSPS) is 10.6. The van der Waals surface area contributed by atoms with Gasteiger partial charge in [0.2, 0.25) is 0 Å². The van der Waals surface area contributed by atoms with Crippen molar-refractivity contribution in [3.05, 3.63) is 36.4 Å². The topological polar surface area (TPSA) is 134 Å². The molecule has 0 atom stereocenters. The monoisotopic (exact) mass is 432 g/mol. The van der Waals surface area contributed by atoms with Gasteiger partial charge < -0.3 is 29.9 Å². The summed E-state index contributed by atoms with van der Waals surface area (Å²) < 4.78 is 10.2. The number of esters is 2. The van der Waals surface area contributed by atoms with Crippen LogP contribution in [0, 0.1) is 0 Å². The van der Waals surface area contributed by atoms with Crippen molar-refractivity contribution < 1.29 is 39.5 Å². The first-order valence-corrected chi connectivity index (χ1v) is 10.3. The minimum atomic E-state index is -0.413. The molecule has 2 aromatic carbocycles. The zero-order valence-corrected chi connectivity index (χ0v) is 17.2. The summed E-state index contributed by atoms with van der Waals surface area (Å²) in [5, 5.41) is 37.5. The third-order valence-electron chi connectivity index (χ3n) is 4.48. The van der Waals surface area contributed by atoms with E-state index in [0.29, 0.717) is 12.8 Å². The molecule has 4 N–H and O–H groups in total. The number of unbranched alkanes of at least 4 members (excludes halogenated alkanes) is 6. The molecule has 8 nitrogen and oxygen atoms in total. The Kier molecular flexibility index (Phi) is 9.48. The lowest BCUT2D eigenvalue weighted by atomic mass is 10.1. The van der Waals surface area contributed by atoms with E-state index < -0.39 is 11.9 Å². The van der Waals surface area contributed by atoms with E-state index in [9.17, 15) is 30.0 Å². The van der Waals surface area contributed by atoms with E-state index in [1.807, 2.05) is 0 Å². The van der Waals surface area contributed by atoms with Gasteiger partial charge in [-0.3, -0.25) is 9.59 Å². The molecule has 0 aliphatic rings. The molecule has 0 aromatic heterocycles. The number of rotatable bonds is 12. The third-order valence-corrected chi connectivity index (χ3v) is 4.48. The zero-order chi connectivity index (χ0) is 22.6. The minimum Gasteiger partial charge on any atom is -0.508 e. The van der Waals surface area contributed by atoms with Crippen molar-refractivity contribution in [3.63, 3.8) is 0 Å². The highest BCUT2D eigenvalue weighted by molar-refractivity contribution is 5.73. The lowest BCUT2D eigenvalue weighted by molar-refractivity contribution is -0.135. The van der Waals surface area contributed by atoms with Gasteiger partial charge in [0.05, 0.1) is 0 Å². The van der Waals surface area contributed by atoms with Crippen LogP contribution in [0.5, 0.6) is 34.5 Å². The number of carbonyl (C=O) groups excluding carboxylic acids is 2. The van der Waals surface area contributed by atoms with Crippen LogP contribution in [0.4, 0.5) is 0 Å². The number of hydrogen-bond acceptors (Lipinski definition) is 8. The van der Waals surface area contributed by atoms with Crippen LogP contribution in [-0.2, 0) is 9.59 Å². The molecule has 0 spiro atoms. The summed E-state index contributed by atoms with van der Waals surface area (Å²) >= 11 is 0. The van der Waals surface area contributed by atoms with E-state index >= 15 is 0 Å². The fourth-order valence-electron chi connectivity index (χ4n) is 3.04. The van der Waals surface area contributed by atoms with E-state index in [1.54, 1.807) is 0 Å². The fourth-order valence-corrected chi connectivity index (χ4v) is 3.04. The summed E-state index contributed by atoms with van der Waals surface area (Å²) in [5.74, 6) is -1.29. The molecular formula is C23H28O8. The summed E-state index contributed by atoms with van der Waals surface area (Å²) in [6.45, 7) is 0. The molecule has 0 radical (unpaired) electrons. The second-order valence-corrected chi connectivity index (χ2v) is 7.29. The quantitative estimate of drug-likeness (QED) is 0.218. The van der Waals surface area contributed by atoms with Crippen LogP contribution in [0.2, 0.25) is 0 Å². The maximum atomic E-state index is 11.8. The second kappa shape index (κ2) is 12.3. The first kappa shape index (κ1) is 23.9. The third kappa shape index (κ3) is 9.75. The van der Waals surface area contributed by atoms with Gasteiger partial charge in [0, 0.05) is 49.2 Å². The van der Waals surface area contributed by atoms with Gasteiger partial charge in [0.25, 0.3) is 0 Å². The van der Waals surface area contributed by atoms with Crippen molar-refractivity contribution in [2.45, 2.75) is 57.8 Å². The van der Waals surface area contributed by atoms with Gasteiger partial charge in [-0.1, -0.05) is 32.1 Å². The summed E-state index contributed by atoms with van der Waals surface area (Å²) in [6, 6.07) is 7.37. The van der Waals surface area contributed by atoms with Crippen molar-refractivity contribution in [3.8, 4) is 34.5 Å². The maximum Gasteiger partial charge on any atom is 0.311 e. The smallest absolute Gasteiger partial charge is 0.311 e. The van der Waals surface area contributed by atoms with E-state index in [2.05, 4.69) is 0 Å². The van der Waals surface area contributed by atoms with Crippen molar-refractivity contribution in [2.75, 3.05) is 0 Å². The number of phenols is 4. The molecule has 0 unspecified atom stereocenters. The first-order chi connectivity index (χ1) is 14.8. The lowest BCUT2D eigenvalue weighted by Crippen LogP contribution is -2.07. The Morgan fingerprint density at radius 3 is 1.13 bits per heavy atom.